The van der Waals surface area contributed by atoms with Crippen molar-refractivity contribution in [1.82, 2.24) is 5.32 Å². The van der Waals surface area contributed by atoms with Crippen molar-refractivity contribution in [2.24, 2.45) is 17.8 Å². The third kappa shape index (κ3) is 4.72. The van der Waals surface area contributed by atoms with E-state index in [-0.39, 0.29) is 11.1 Å². The topological polar surface area (TPSA) is 50.7 Å². The molecule has 28 heavy (non-hydrogen) atoms. The second-order valence-corrected chi connectivity index (χ2v) is 10.4. The highest BCUT2D eigenvalue weighted by molar-refractivity contribution is 5.28. The predicted octanol–water partition coefficient (Wildman–Crippen LogP) is 3.95. The van der Waals surface area contributed by atoms with Crippen LogP contribution in [-0.4, -0.2) is 42.6 Å². The van der Waals surface area contributed by atoms with Crippen LogP contribution in [0.25, 0.3) is 0 Å². The van der Waals surface area contributed by atoms with Crippen molar-refractivity contribution in [1.29, 1.82) is 0 Å². The molecule has 4 aliphatic rings. The van der Waals surface area contributed by atoms with Crippen LogP contribution in [0, 0.1) is 17.8 Å². The summed E-state index contributed by atoms with van der Waals surface area (Å²) >= 11 is 0. The molecule has 0 spiro atoms. The molecule has 4 nitrogen and oxygen atoms in total. The van der Waals surface area contributed by atoms with E-state index >= 15 is 0 Å². The number of benzene rings is 1. The van der Waals surface area contributed by atoms with E-state index in [0.717, 1.165) is 29.9 Å². The molecule has 0 amide bonds. The monoisotopic (exact) mass is 387 g/mol. The van der Waals surface area contributed by atoms with Gasteiger partial charge in [-0.3, -0.25) is 0 Å². The molecule has 0 heterocycles. The molecule has 2 N–H and O–H groups in total. The molecule has 4 bridgehead atoms. The SMILES string of the molecule is COc1ccc(CC(C)(C)NCC(O)COC23CC4CC(CC(C4)C2)C3)cc1. The first kappa shape index (κ1) is 20.2. The van der Waals surface area contributed by atoms with E-state index in [1.807, 2.05) is 12.1 Å². The van der Waals surface area contributed by atoms with Gasteiger partial charge >= 0.3 is 0 Å². The lowest BCUT2D eigenvalue weighted by Gasteiger charge is -2.56. The number of ether oxygens (including phenoxy) is 2. The molecule has 4 heteroatoms. The lowest BCUT2D eigenvalue weighted by molar-refractivity contribution is -0.174. The standard InChI is InChI=1S/C24H37NO3/c1-23(2,11-17-4-6-22(27-3)7-5-17)25-15-21(26)16-28-24-12-18-8-19(13-24)10-20(9-18)14-24/h4-7,18-21,25-26H,8-16H2,1-3H3. The molecular weight excluding hydrogens is 350 g/mol. The van der Waals surface area contributed by atoms with Crippen LogP contribution in [-0.2, 0) is 11.2 Å². The van der Waals surface area contributed by atoms with Gasteiger partial charge < -0.3 is 19.9 Å². The minimum atomic E-state index is -0.455. The summed E-state index contributed by atoms with van der Waals surface area (Å²) < 4.78 is 11.6. The van der Waals surface area contributed by atoms with E-state index in [1.54, 1.807) is 7.11 Å². The Morgan fingerprint density at radius 2 is 1.64 bits per heavy atom. The lowest BCUT2D eigenvalue weighted by atomic mass is 9.54. The molecule has 156 valence electrons. The van der Waals surface area contributed by atoms with Crippen molar-refractivity contribution in [2.75, 3.05) is 20.3 Å². The van der Waals surface area contributed by atoms with Gasteiger partial charge in [0.25, 0.3) is 0 Å². The summed E-state index contributed by atoms with van der Waals surface area (Å²) in [6.45, 7) is 5.39. The maximum Gasteiger partial charge on any atom is 0.118 e. The fraction of sp³-hybridized carbons (Fsp3) is 0.750. The third-order valence-electron chi connectivity index (χ3n) is 7.19. The maximum atomic E-state index is 10.5. The van der Waals surface area contributed by atoms with E-state index in [0.29, 0.717) is 13.2 Å². The molecule has 1 atom stereocenters. The van der Waals surface area contributed by atoms with Crippen LogP contribution in [0.4, 0.5) is 0 Å². The summed E-state index contributed by atoms with van der Waals surface area (Å²) in [5.74, 6) is 3.52. The molecule has 0 aromatic heterocycles. The van der Waals surface area contributed by atoms with Gasteiger partial charge in [-0.05, 0) is 94.2 Å². The number of nitrogens with one attached hydrogen (secondary N) is 1. The highest BCUT2D eigenvalue weighted by Gasteiger charge is 2.51. The first-order chi connectivity index (χ1) is 13.3. The Balaban J connectivity index is 1.23. The first-order valence-corrected chi connectivity index (χ1v) is 11.0. The first-order valence-electron chi connectivity index (χ1n) is 11.0. The van der Waals surface area contributed by atoms with Crippen LogP contribution in [0.3, 0.4) is 0 Å². The maximum absolute atomic E-state index is 10.5. The van der Waals surface area contributed by atoms with Gasteiger partial charge in [-0.25, -0.2) is 0 Å². The van der Waals surface area contributed by atoms with Crippen molar-refractivity contribution in [3.8, 4) is 5.75 Å². The second-order valence-electron chi connectivity index (χ2n) is 10.4. The molecule has 0 saturated heterocycles. The Bertz CT molecular complexity index is 619. The highest BCUT2D eigenvalue weighted by Crippen LogP contribution is 2.57. The quantitative estimate of drug-likeness (QED) is 0.674. The Labute approximate surface area is 170 Å². The highest BCUT2D eigenvalue weighted by atomic mass is 16.5. The molecule has 4 fully saturated rings. The Hall–Kier alpha value is -1.10. The second kappa shape index (κ2) is 7.97. The lowest BCUT2D eigenvalue weighted by Crippen LogP contribution is -2.53. The zero-order valence-electron chi connectivity index (χ0n) is 17.7. The largest absolute Gasteiger partial charge is 0.497 e. The molecule has 4 aliphatic carbocycles. The number of hydrogen-bond donors (Lipinski definition) is 2. The van der Waals surface area contributed by atoms with Gasteiger partial charge in [0.1, 0.15) is 5.75 Å². The summed E-state index contributed by atoms with van der Waals surface area (Å²) in [4.78, 5) is 0. The molecule has 0 radical (unpaired) electrons. The normalized spacial score (nSPS) is 32.5. The molecule has 1 aromatic rings. The molecule has 4 saturated carbocycles. The van der Waals surface area contributed by atoms with Crippen molar-refractivity contribution in [3.05, 3.63) is 29.8 Å². The van der Waals surface area contributed by atoms with Crippen molar-refractivity contribution >= 4 is 0 Å². The molecule has 0 aliphatic heterocycles. The van der Waals surface area contributed by atoms with Gasteiger partial charge in [-0.2, -0.15) is 0 Å². The summed E-state index contributed by atoms with van der Waals surface area (Å²) in [5.41, 5.74) is 1.25. The number of aliphatic hydroxyl groups is 1. The van der Waals surface area contributed by atoms with Gasteiger partial charge in [0.15, 0.2) is 0 Å². The zero-order valence-corrected chi connectivity index (χ0v) is 17.7. The van der Waals surface area contributed by atoms with Crippen molar-refractivity contribution in [2.45, 2.75) is 76.0 Å². The van der Waals surface area contributed by atoms with Crippen LogP contribution in [0.2, 0.25) is 0 Å². The van der Waals surface area contributed by atoms with E-state index in [9.17, 15) is 5.11 Å². The molecule has 1 unspecified atom stereocenters. The number of aliphatic hydroxyl groups excluding tert-OH is 1. The van der Waals surface area contributed by atoms with Crippen LogP contribution < -0.4 is 10.1 Å². The van der Waals surface area contributed by atoms with Crippen molar-refractivity contribution < 1.29 is 14.6 Å². The Morgan fingerprint density at radius 3 is 2.18 bits per heavy atom. The van der Waals surface area contributed by atoms with Crippen LogP contribution in [0.1, 0.15) is 57.9 Å². The average molecular weight is 388 g/mol. The Morgan fingerprint density at radius 1 is 1.07 bits per heavy atom. The smallest absolute Gasteiger partial charge is 0.118 e. The summed E-state index contributed by atoms with van der Waals surface area (Å²) in [6, 6.07) is 8.21. The van der Waals surface area contributed by atoms with E-state index in [4.69, 9.17) is 9.47 Å². The van der Waals surface area contributed by atoms with Crippen LogP contribution >= 0.6 is 0 Å². The van der Waals surface area contributed by atoms with Gasteiger partial charge in [-0.1, -0.05) is 12.1 Å². The van der Waals surface area contributed by atoms with E-state index in [2.05, 4.69) is 31.3 Å². The Kier molecular flexibility index (Phi) is 5.74. The molecule has 1 aromatic carbocycles. The minimum Gasteiger partial charge on any atom is -0.497 e. The summed E-state index contributed by atoms with van der Waals surface area (Å²) in [5, 5.41) is 14.1. The number of rotatable bonds is 9. The van der Waals surface area contributed by atoms with Gasteiger partial charge in [0.05, 0.1) is 25.4 Å². The molecular formula is C24H37NO3. The third-order valence-corrected chi connectivity index (χ3v) is 7.19. The van der Waals surface area contributed by atoms with Gasteiger partial charge in [0.2, 0.25) is 0 Å². The number of methoxy groups -OCH3 is 1. The summed E-state index contributed by atoms with van der Waals surface area (Å²) in [6.07, 6.45) is 8.39. The molecule has 5 rings (SSSR count). The average Bonchev–Trinajstić information content (AvgIpc) is 2.64. The van der Waals surface area contributed by atoms with E-state index < -0.39 is 6.10 Å². The minimum absolute atomic E-state index is 0.0777. The number of hydrogen-bond acceptors (Lipinski definition) is 4. The summed E-state index contributed by atoms with van der Waals surface area (Å²) in [7, 11) is 1.69. The van der Waals surface area contributed by atoms with Crippen molar-refractivity contribution in [3.63, 3.8) is 0 Å². The van der Waals surface area contributed by atoms with E-state index in [1.165, 1.54) is 44.1 Å². The van der Waals surface area contributed by atoms with Crippen LogP contribution in [0.15, 0.2) is 24.3 Å². The van der Waals surface area contributed by atoms with Gasteiger partial charge in [-0.15, -0.1) is 0 Å². The zero-order chi connectivity index (χ0) is 19.8. The van der Waals surface area contributed by atoms with Gasteiger partial charge in [0, 0.05) is 12.1 Å². The predicted molar refractivity (Wildman–Crippen MR) is 112 cm³/mol. The fourth-order valence-corrected chi connectivity index (χ4v) is 6.25. The fourth-order valence-electron chi connectivity index (χ4n) is 6.25. The van der Waals surface area contributed by atoms with Crippen LogP contribution in [0.5, 0.6) is 5.75 Å². The number of β-amino-alcohol motifs (C(OH)–C–C–N with tert-alkyl or cyclic N) is 1.